The van der Waals surface area contributed by atoms with E-state index in [0.29, 0.717) is 18.0 Å². The lowest BCUT2D eigenvalue weighted by Crippen LogP contribution is -2.49. The number of nitrogens with one attached hydrogen (secondary N) is 2. The largest absolute Gasteiger partial charge is 0.313 e. The molecule has 0 heterocycles. The summed E-state index contributed by atoms with van der Waals surface area (Å²) in [6.45, 7) is 4.64. The van der Waals surface area contributed by atoms with E-state index in [4.69, 9.17) is 0 Å². The molecule has 0 aliphatic heterocycles. The first-order valence-corrected chi connectivity index (χ1v) is 12.8. The van der Waals surface area contributed by atoms with E-state index in [-0.39, 0.29) is 5.41 Å². The smallest absolute Gasteiger partial charge is 0.0167 e. The Morgan fingerprint density at radius 1 is 0.645 bits per heavy atom. The van der Waals surface area contributed by atoms with Gasteiger partial charge < -0.3 is 10.6 Å². The Hall–Kier alpha value is -1.64. The Morgan fingerprint density at radius 2 is 1.03 bits per heavy atom. The number of benzene rings is 2. The molecular formula is C29H42N2. The summed E-state index contributed by atoms with van der Waals surface area (Å²) in [5.74, 6) is 0.377. The van der Waals surface area contributed by atoms with Crippen LogP contribution < -0.4 is 10.6 Å². The van der Waals surface area contributed by atoms with Gasteiger partial charge in [-0.15, -0.1) is 0 Å². The van der Waals surface area contributed by atoms with Gasteiger partial charge in [0.25, 0.3) is 0 Å². The molecule has 2 saturated carbocycles. The molecule has 2 aliphatic rings. The van der Waals surface area contributed by atoms with Gasteiger partial charge in [-0.2, -0.15) is 0 Å². The van der Waals surface area contributed by atoms with Gasteiger partial charge in [-0.3, -0.25) is 0 Å². The highest BCUT2D eigenvalue weighted by molar-refractivity contribution is 5.35. The average molecular weight is 419 g/mol. The summed E-state index contributed by atoms with van der Waals surface area (Å²) in [6.07, 6.45) is 13.7. The van der Waals surface area contributed by atoms with Gasteiger partial charge in [-0.1, -0.05) is 106 Å². The summed E-state index contributed by atoms with van der Waals surface area (Å²) in [5.41, 5.74) is 2.98. The third kappa shape index (κ3) is 6.20. The predicted molar refractivity (Wildman–Crippen MR) is 133 cm³/mol. The first kappa shape index (κ1) is 22.6. The second-order valence-electron chi connectivity index (χ2n) is 10.3. The Labute approximate surface area is 190 Å². The van der Waals surface area contributed by atoms with Crippen LogP contribution in [0.2, 0.25) is 0 Å². The standard InChI is InChI=1S/C29H42N2/c1-29(22-30-26-18-10-4-11-19-26,23-31-27-20-12-5-13-21-27)28(24-14-6-2-7-15-24)25-16-8-3-9-17-25/h2-3,6-9,14-17,26-28,30-31H,4-5,10-13,18-23H2,1H3. The molecule has 0 saturated heterocycles. The topological polar surface area (TPSA) is 24.1 Å². The second kappa shape index (κ2) is 11.3. The van der Waals surface area contributed by atoms with Gasteiger partial charge in [0, 0.05) is 36.5 Å². The van der Waals surface area contributed by atoms with Crippen LogP contribution in [0.15, 0.2) is 60.7 Å². The lowest BCUT2D eigenvalue weighted by molar-refractivity contribution is 0.212. The minimum atomic E-state index is 0.109. The van der Waals surface area contributed by atoms with E-state index < -0.39 is 0 Å². The van der Waals surface area contributed by atoms with Crippen molar-refractivity contribution in [3.63, 3.8) is 0 Å². The Kier molecular flexibility index (Phi) is 8.21. The fourth-order valence-electron chi connectivity index (χ4n) is 5.92. The fourth-order valence-corrected chi connectivity index (χ4v) is 5.92. The minimum Gasteiger partial charge on any atom is -0.313 e. The van der Waals surface area contributed by atoms with Gasteiger partial charge in [0.05, 0.1) is 0 Å². The first-order valence-electron chi connectivity index (χ1n) is 12.8. The highest BCUT2D eigenvalue weighted by Crippen LogP contribution is 2.41. The van der Waals surface area contributed by atoms with Gasteiger partial charge in [0.15, 0.2) is 0 Å². The maximum atomic E-state index is 4.03. The maximum absolute atomic E-state index is 4.03. The molecule has 0 spiro atoms. The molecule has 4 rings (SSSR count). The van der Waals surface area contributed by atoms with Crippen molar-refractivity contribution in [1.82, 2.24) is 10.6 Å². The summed E-state index contributed by atoms with van der Waals surface area (Å²) in [7, 11) is 0. The van der Waals surface area contributed by atoms with Crippen molar-refractivity contribution in [1.29, 1.82) is 0 Å². The van der Waals surface area contributed by atoms with E-state index >= 15 is 0 Å². The van der Waals surface area contributed by atoms with Crippen LogP contribution in [0.3, 0.4) is 0 Å². The van der Waals surface area contributed by atoms with Crippen molar-refractivity contribution in [2.24, 2.45) is 5.41 Å². The van der Waals surface area contributed by atoms with Gasteiger partial charge >= 0.3 is 0 Å². The van der Waals surface area contributed by atoms with Crippen molar-refractivity contribution in [2.45, 2.75) is 89.1 Å². The highest BCUT2D eigenvalue weighted by Gasteiger charge is 2.37. The zero-order valence-electron chi connectivity index (χ0n) is 19.5. The van der Waals surface area contributed by atoms with Crippen molar-refractivity contribution in [2.75, 3.05) is 13.1 Å². The van der Waals surface area contributed by atoms with Crippen LogP contribution in [0.25, 0.3) is 0 Å². The van der Waals surface area contributed by atoms with Crippen LogP contribution in [0.4, 0.5) is 0 Å². The molecule has 0 atom stereocenters. The minimum absolute atomic E-state index is 0.109. The van der Waals surface area contributed by atoms with Crippen molar-refractivity contribution in [3.8, 4) is 0 Å². The van der Waals surface area contributed by atoms with Gasteiger partial charge in [-0.25, -0.2) is 0 Å². The molecule has 2 nitrogen and oxygen atoms in total. The third-order valence-electron chi connectivity index (χ3n) is 7.76. The molecule has 31 heavy (non-hydrogen) atoms. The number of rotatable bonds is 9. The van der Waals surface area contributed by atoms with Gasteiger partial charge in [0.1, 0.15) is 0 Å². The first-order chi connectivity index (χ1) is 15.2. The van der Waals surface area contributed by atoms with E-state index in [2.05, 4.69) is 78.2 Å². The monoisotopic (exact) mass is 418 g/mol. The Bertz CT molecular complexity index is 683. The summed E-state index contributed by atoms with van der Waals surface area (Å²) < 4.78 is 0. The molecule has 0 aromatic heterocycles. The lowest BCUT2D eigenvalue weighted by atomic mass is 9.69. The highest BCUT2D eigenvalue weighted by atomic mass is 15.0. The third-order valence-corrected chi connectivity index (χ3v) is 7.76. The predicted octanol–water partition coefficient (Wildman–Crippen LogP) is 6.67. The van der Waals surface area contributed by atoms with Crippen LogP contribution in [-0.2, 0) is 0 Å². The summed E-state index contributed by atoms with van der Waals surface area (Å²) in [6, 6.07) is 23.8. The molecule has 2 N–H and O–H groups in total. The lowest BCUT2D eigenvalue weighted by Gasteiger charge is -2.42. The zero-order valence-corrected chi connectivity index (χ0v) is 19.5. The van der Waals surface area contributed by atoms with Gasteiger partial charge in [-0.05, 0) is 36.8 Å². The summed E-state index contributed by atoms with van der Waals surface area (Å²) in [5, 5.41) is 8.06. The Morgan fingerprint density at radius 3 is 1.42 bits per heavy atom. The van der Waals surface area contributed by atoms with Crippen LogP contribution in [-0.4, -0.2) is 25.2 Å². The Balaban J connectivity index is 1.59. The van der Waals surface area contributed by atoms with E-state index in [1.807, 2.05) is 0 Å². The molecule has 0 bridgehead atoms. The van der Waals surface area contributed by atoms with E-state index in [1.54, 1.807) is 0 Å². The maximum Gasteiger partial charge on any atom is 0.0167 e. The van der Waals surface area contributed by atoms with Crippen LogP contribution in [0.5, 0.6) is 0 Å². The van der Waals surface area contributed by atoms with Crippen LogP contribution in [0.1, 0.15) is 88.2 Å². The quantitative estimate of drug-likeness (QED) is 0.475. The average Bonchev–Trinajstić information content (AvgIpc) is 2.84. The molecule has 2 aromatic carbocycles. The molecule has 2 aromatic rings. The summed E-state index contributed by atoms with van der Waals surface area (Å²) in [4.78, 5) is 0. The zero-order chi connectivity index (χ0) is 21.4. The van der Waals surface area contributed by atoms with E-state index in [1.165, 1.54) is 75.3 Å². The van der Waals surface area contributed by atoms with E-state index in [9.17, 15) is 0 Å². The van der Waals surface area contributed by atoms with Crippen molar-refractivity contribution >= 4 is 0 Å². The number of hydrogen-bond acceptors (Lipinski definition) is 2. The fraction of sp³-hybridized carbons (Fsp3) is 0.586. The van der Waals surface area contributed by atoms with Crippen LogP contribution in [0, 0.1) is 5.41 Å². The SMILES string of the molecule is CC(CNC1CCCCC1)(CNC1CCCCC1)C(c1ccccc1)c1ccccc1. The molecule has 0 amide bonds. The molecule has 0 radical (unpaired) electrons. The molecule has 2 heteroatoms. The molecule has 0 unspecified atom stereocenters. The summed E-state index contributed by atoms with van der Waals surface area (Å²) >= 11 is 0. The van der Waals surface area contributed by atoms with Crippen molar-refractivity contribution < 1.29 is 0 Å². The molecule has 2 fully saturated rings. The van der Waals surface area contributed by atoms with E-state index in [0.717, 1.165) is 13.1 Å². The van der Waals surface area contributed by atoms with Crippen molar-refractivity contribution in [3.05, 3.63) is 71.8 Å². The molecule has 2 aliphatic carbocycles. The van der Waals surface area contributed by atoms with Crippen LogP contribution >= 0.6 is 0 Å². The number of hydrogen-bond donors (Lipinski definition) is 2. The molecule has 168 valence electrons. The normalized spacial score (nSPS) is 19.0. The molecular weight excluding hydrogens is 376 g/mol. The van der Waals surface area contributed by atoms with Gasteiger partial charge in [0.2, 0.25) is 0 Å². The second-order valence-corrected chi connectivity index (χ2v) is 10.3.